The SMILES string of the molecule is CCN(CC(=O)O)C1CC(NC(=O)CCSc2ccc3c(c2)OCCO3)C1. The normalized spacial score (nSPS) is 20.8. The molecule has 2 aliphatic rings. The molecule has 0 bridgehead atoms. The van der Waals surface area contributed by atoms with Crippen molar-refractivity contribution in [2.24, 2.45) is 0 Å². The van der Waals surface area contributed by atoms with Crippen LogP contribution in [-0.2, 0) is 9.59 Å². The van der Waals surface area contributed by atoms with Crippen molar-refractivity contribution in [3.8, 4) is 11.5 Å². The van der Waals surface area contributed by atoms with Gasteiger partial charge in [-0.05, 0) is 37.6 Å². The molecule has 7 nitrogen and oxygen atoms in total. The lowest BCUT2D eigenvalue weighted by Crippen LogP contribution is -2.54. The molecule has 0 unspecified atom stereocenters. The number of hydrogen-bond donors (Lipinski definition) is 2. The van der Waals surface area contributed by atoms with Crippen LogP contribution in [0.5, 0.6) is 11.5 Å². The Morgan fingerprint density at radius 3 is 2.70 bits per heavy atom. The zero-order chi connectivity index (χ0) is 19.2. The summed E-state index contributed by atoms with van der Waals surface area (Å²) in [5.74, 6) is 1.47. The summed E-state index contributed by atoms with van der Waals surface area (Å²) in [6, 6.07) is 6.25. The van der Waals surface area contributed by atoms with Crippen LogP contribution in [0.4, 0.5) is 0 Å². The van der Waals surface area contributed by atoms with Gasteiger partial charge in [0.2, 0.25) is 5.91 Å². The summed E-state index contributed by atoms with van der Waals surface area (Å²) < 4.78 is 11.1. The Morgan fingerprint density at radius 2 is 2.00 bits per heavy atom. The Kier molecular flexibility index (Phi) is 6.84. The van der Waals surface area contributed by atoms with Crippen molar-refractivity contribution in [1.82, 2.24) is 10.2 Å². The second kappa shape index (κ2) is 9.32. The lowest BCUT2D eigenvalue weighted by molar-refractivity contribution is -0.139. The molecule has 1 heterocycles. The largest absolute Gasteiger partial charge is 0.486 e. The number of carboxylic acids is 1. The molecule has 27 heavy (non-hydrogen) atoms. The summed E-state index contributed by atoms with van der Waals surface area (Å²) in [6.07, 6.45) is 2.09. The topological polar surface area (TPSA) is 88.1 Å². The van der Waals surface area contributed by atoms with Crippen LogP contribution in [0.3, 0.4) is 0 Å². The van der Waals surface area contributed by atoms with E-state index < -0.39 is 5.97 Å². The molecule has 1 amide bonds. The number of carbonyl (C=O) groups is 2. The van der Waals surface area contributed by atoms with E-state index in [1.807, 2.05) is 30.0 Å². The van der Waals surface area contributed by atoms with Gasteiger partial charge in [0.15, 0.2) is 11.5 Å². The van der Waals surface area contributed by atoms with E-state index in [1.54, 1.807) is 11.8 Å². The summed E-state index contributed by atoms with van der Waals surface area (Å²) in [4.78, 5) is 26.0. The molecule has 1 aliphatic carbocycles. The minimum absolute atomic E-state index is 0.0461. The van der Waals surface area contributed by atoms with Gasteiger partial charge in [-0.1, -0.05) is 6.92 Å². The average Bonchev–Trinajstić information content (AvgIpc) is 2.62. The van der Waals surface area contributed by atoms with Crippen LogP contribution in [0, 0.1) is 0 Å². The number of ether oxygens (including phenoxy) is 2. The van der Waals surface area contributed by atoms with Crippen LogP contribution in [0.2, 0.25) is 0 Å². The Balaban J connectivity index is 1.34. The highest BCUT2D eigenvalue weighted by atomic mass is 32.2. The molecule has 1 aromatic carbocycles. The van der Waals surface area contributed by atoms with E-state index in [0.717, 1.165) is 29.2 Å². The average molecular weight is 394 g/mol. The molecule has 2 N–H and O–H groups in total. The Morgan fingerprint density at radius 1 is 1.26 bits per heavy atom. The zero-order valence-electron chi connectivity index (χ0n) is 15.5. The number of thioether (sulfide) groups is 1. The van der Waals surface area contributed by atoms with E-state index in [-0.39, 0.29) is 24.5 Å². The molecule has 1 fully saturated rings. The van der Waals surface area contributed by atoms with Crippen molar-refractivity contribution < 1.29 is 24.2 Å². The quantitative estimate of drug-likeness (QED) is 0.619. The second-order valence-corrected chi connectivity index (χ2v) is 7.92. The van der Waals surface area contributed by atoms with E-state index in [0.29, 0.717) is 31.9 Å². The molecule has 8 heteroatoms. The summed E-state index contributed by atoms with van der Waals surface area (Å²) >= 11 is 1.62. The lowest BCUT2D eigenvalue weighted by atomic mass is 9.85. The van der Waals surface area contributed by atoms with Crippen molar-refractivity contribution in [1.29, 1.82) is 0 Å². The maximum Gasteiger partial charge on any atom is 0.317 e. The van der Waals surface area contributed by atoms with Crippen LogP contribution >= 0.6 is 11.8 Å². The number of carbonyl (C=O) groups excluding carboxylic acids is 1. The van der Waals surface area contributed by atoms with Gasteiger partial charge >= 0.3 is 5.97 Å². The summed E-state index contributed by atoms with van der Waals surface area (Å²) in [7, 11) is 0. The standard InChI is InChI=1S/C19H26N2O5S/c1-2-21(12-19(23)24)14-9-13(10-14)20-18(22)5-8-27-15-3-4-16-17(11-15)26-7-6-25-16/h3-4,11,13-14H,2,5-10,12H2,1H3,(H,20,22)(H,23,24). The summed E-state index contributed by atoms with van der Waals surface area (Å²) in [6.45, 7) is 3.88. The van der Waals surface area contributed by atoms with Crippen LogP contribution < -0.4 is 14.8 Å². The van der Waals surface area contributed by atoms with E-state index in [4.69, 9.17) is 14.6 Å². The molecule has 0 saturated heterocycles. The summed E-state index contributed by atoms with van der Waals surface area (Å²) in [5.41, 5.74) is 0. The molecular formula is C19H26N2O5S. The Labute approximate surface area is 163 Å². The number of benzene rings is 1. The molecule has 0 spiro atoms. The predicted octanol–water partition coefficient (Wildman–Crippen LogP) is 1.99. The number of nitrogens with one attached hydrogen (secondary N) is 1. The number of rotatable bonds is 9. The molecule has 148 valence electrons. The molecule has 1 saturated carbocycles. The summed E-state index contributed by atoms with van der Waals surface area (Å²) in [5, 5.41) is 12.0. The molecule has 1 aromatic rings. The van der Waals surface area contributed by atoms with Crippen molar-refractivity contribution in [3.63, 3.8) is 0 Å². The van der Waals surface area contributed by atoms with Crippen molar-refractivity contribution in [2.45, 2.75) is 43.2 Å². The number of likely N-dealkylation sites (N-methyl/N-ethyl adjacent to an activating group) is 1. The van der Waals surface area contributed by atoms with E-state index >= 15 is 0 Å². The third-order valence-electron chi connectivity index (χ3n) is 4.85. The van der Waals surface area contributed by atoms with Gasteiger partial charge in [0.25, 0.3) is 0 Å². The predicted molar refractivity (Wildman–Crippen MR) is 103 cm³/mol. The molecular weight excluding hydrogens is 368 g/mol. The fourth-order valence-corrected chi connectivity index (χ4v) is 4.23. The van der Waals surface area contributed by atoms with Crippen LogP contribution in [0.15, 0.2) is 23.1 Å². The fraction of sp³-hybridized carbons (Fsp3) is 0.579. The first-order valence-electron chi connectivity index (χ1n) is 9.32. The van der Waals surface area contributed by atoms with Gasteiger partial charge in [-0.15, -0.1) is 11.8 Å². The van der Waals surface area contributed by atoms with E-state index in [9.17, 15) is 9.59 Å². The molecule has 0 radical (unpaired) electrons. The molecule has 0 atom stereocenters. The van der Waals surface area contributed by atoms with Gasteiger partial charge in [-0.3, -0.25) is 14.5 Å². The van der Waals surface area contributed by atoms with Gasteiger partial charge in [-0.2, -0.15) is 0 Å². The second-order valence-electron chi connectivity index (χ2n) is 6.75. The first-order valence-corrected chi connectivity index (χ1v) is 10.3. The molecule has 3 rings (SSSR count). The fourth-order valence-electron chi connectivity index (χ4n) is 3.35. The third-order valence-corrected chi connectivity index (χ3v) is 5.85. The smallest absolute Gasteiger partial charge is 0.317 e. The first kappa shape index (κ1) is 19.8. The monoisotopic (exact) mass is 394 g/mol. The minimum atomic E-state index is -0.805. The highest BCUT2D eigenvalue weighted by Gasteiger charge is 2.34. The number of carboxylic acid groups (broad SMARTS) is 1. The van der Waals surface area contributed by atoms with Gasteiger partial charge in [0.05, 0.1) is 6.54 Å². The van der Waals surface area contributed by atoms with Crippen LogP contribution in [0.25, 0.3) is 0 Å². The number of aliphatic carboxylic acids is 1. The maximum absolute atomic E-state index is 12.1. The number of amides is 1. The highest BCUT2D eigenvalue weighted by molar-refractivity contribution is 7.99. The lowest BCUT2D eigenvalue weighted by Gasteiger charge is -2.42. The van der Waals surface area contributed by atoms with Crippen LogP contribution in [-0.4, -0.2) is 66.0 Å². The Hall–Kier alpha value is -1.93. The minimum Gasteiger partial charge on any atom is -0.486 e. The third kappa shape index (κ3) is 5.52. The van der Waals surface area contributed by atoms with E-state index in [2.05, 4.69) is 5.32 Å². The number of nitrogens with zero attached hydrogens (tertiary/aromatic N) is 1. The molecule has 0 aromatic heterocycles. The van der Waals surface area contributed by atoms with Crippen molar-refractivity contribution in [2.75, 3.05) is 32.1 Å². The van der Waals surface area contributed by atoms with E-state index in [1.165, 1.54) is 0 Å². The molecule has 1 aliphatic heterocycles. The number of fused-ring (bicyclic) bond motifs is 1. The maximum atomic E-state index is 12.1. The van der Waals surface area contributed by atoms with Crippen molar-refractivity contribution in [3.05, 3.63) is 18.2 Å². The van der Waals surface area contributed by atoms with Gasteiger partial charge < -0.3 is 19.9 Å². The number of hydrogen-bond acceptors (Lipinski definition) is 6. The Bertz CT molecular complexity index is 678. The zero-order valence-corrected chi connectivity index (χ0v) is 16.3. The first-order chi connectivity index (χ1) is 13.0. The van der Waals surface area contributed by atoms with Gasteiger partial charge in [0.1, 0.15) is 13.2 Å². The van der Waals surface area contributed by atoms with Crippen LogP contribution in [0.1, 0.15) is 26.2 Å². The van der Waals surface area contributed by atoms with Crippen molar-refractivity contribution >= 4 is 23.6 Å². The van der Waals surface area contributed by atoms with Gasteiger partial charge in [-0.25, -0.2) is 0 Å². The van der Waals surface area contributed by atoms with Gasteiger partial charge in [0, 0.05) is 29.2 Å². The highest BCUT2D eigenvalue weighted by Crippen LogP contribution is 2.34.